The standard InChI is InChI=1S/C17H23BrN2O2/c1-11(2)6-7-19-17(22)13-8-16(21)20(10-13)14-5-4-12(3)15(18)9-14/h4-5,9,11,13H,6-8,10H2,1-3H3,(H,19,22). The Labute approximate surface area is 140 Å². The summed E-state index contributed by atoms with van der Waals surface area (Å²) in [4.78, 5) is 26.1. The zero-order valence-electron chi connectivity index (χ0n) is 13.4. The molecule has 1 aliphatic heterocycles. The van der Waals surface area contributed by atoms with E-state index in [0.717, 1.165) is 22.1 Å². The first kappa shape index (κ1) is 17.0. The second kappa shape index (κ2) is 7.27. The van der Waals surface area contributed by atoms with Gasteiger partial charge in [-0.05, 0) is 37.0 Å². The number of amides is 2. The molecule has 22 heavy (non-hydrogen) atoms. The molecule has 0 spiro atoms. The molecule has 4 nitrogen and oxygen atoms in total. The Hall–Kier alpha value is -1.36. The average molecular weight is 367 g/mol. The predicted molar refractivity (Wildman–Crippen MR) is 91.8 cm³/mol. The maximum atomic E-state index is 12.2. The molecule has 1 atom stereocenters. The van der Waals surface area contributed by atoms with E-state index in [1.165, 1.54) is 0 Å². The second-order valence-electron chi connectivity index (χ2n) is 6.31. The highest BCUT2D eigenvalue weighted by molar-refractivity contribution is 9.10. The van der Waals surface area contributed by atoms with Gasteiger partial charge >= 0.3 is 0 Å². The molecule has 2 rings (SSSR count). The van der Waals surface area contributed by atoms with Crippen LogP contribution in [0.5, 0.6) is 0 Å². The van der Waals surface area contributed by atoms with Gasteiger partial charge < -0.3 is 10.2 Å². The molecule has 0 saturated carbocycles. The Morgan fingerprint density at radius 2 is 2.18 bits per heavy atom. The molecule has 1 N–H and O–H groups in total. The van der Waals surface area contributed by atoms with Gasteiger partial charge in [0, 0.05) is 29.7 Å². The molecule has 1 aliphatic rings. The number of carbonyl (C=O) groups excluding carboxylic acids is 2. The molecule has 1 fully saturated rings. The zero-order valence-corrected chi connectivity index (χ0v) is 14.9. The molecule has 0 aliphatic carbocycles. The number of nitrogens with one attached hydrogen (secondary N) is 1. The molecular formula is C17H23BrN2O2. The van der Waals surface area contributed by atoms with Crippen molar-refractivity contribution in [3.05, 3.63) is 28.2 Å². The first-order valence-corrected chi connectivity index (χ1v) is 8.52. The SMILES string of the molecule is Cc1ccc(N2CC(C(=O)NCCC(C)C)CC2=O)cc1Br. The molecule has 2 amide bonds. The number of anilines is 1. The van der Waals surface area contributed by atoms with Gasteiger partial charge in [0.2, 0.25) is 11.8 Å². The molecule has 120 valence electrons. The van der Waals surface area contributed by atoms with Crippen molar-refractivity contribution in [2.75, 3.05) is 18.0 Å². The smallest absolute Gasteiger partial charge is 0.227 e. The summed E-state index contributed by atoms with van der Waals surface area (Å²) in [5, 5.41) is 2.94. The van der Waals surface area contributed by atoms with Crippen LogP contribution in [-0.4, -0.2) is 24.9 Å². The summed E-state index contributed by atoms with van der Waals surface area (Å²) in [6.07, 6.45) is 1.25. The molecule has 0 bridgehead atoms. The molecule has 1 heterocycles. The van der Waals surface area contributed by atoms with Gasteiger partial charge in [0.05, 0.1) is 5.92 Å². The highest BCUT2D eigenvalue weighted by atomic mass is 79.9. The summed E-state index contributed by atoms with van der Waals surface area (Å²) < 4.78 is 0.975. The van der Waals surface area contributed by atoms with Crippen LogP contribution in [0.4, 0.5) is 5.69 Å². The molecule has 1 saturated heterocycles. The molecule has 0 aromatic heterocycles. The number of benzene rings is 1. The Balaban J connectivity index is 1.98. The van der Waals surface area contributed by atoms with E-state index in [1.54, 1.807) is 4.90 Å². The van der Waals surface area contributed by atoms with Crippen LogP contribution in [0.1, 0.15) is 32.3 Å². The largest absolute Gasteiger partial charge is 0.356 e. The average Bonchev–Trinajstić information content (AvgIpc) is 2.83. The van der Waals surface area contributed by atoms with E-state index in [-0.39, 0.29) is 17.7 Å². The van der Waals surface area contributed by atoms with Crippen LogP contribution in [-0.2, 0) is 9.59 Å². The van der Waals surface area contributed by atoms with Gasteiger partial charge in [-0.1, -0.05) is 35.8 Å². The lowest BCUT2D eigenvalue weighted by molar-refractivity contribution is -0.126. The minimum Gasteiger partial charge on any atom is -0.356 e. The first-order valence-electron chi connectivity index (χ1n) is 7.72. The highest BCUT2D eigenvalue weighted by Crippen LogP contribution is 2.29. The summed E-state index contributed by atoms with van der Waals surface area (Å²) >= 11 is 3.49. The van der Waals surface area contributed by atoms with Gasteiger partial charge in [0.25, 0.3) is 0 Å². The Morgan fingerprint density at radius 3 is 2.82 bits per heavy atom. The molecule has 1 aromatic rings. The lowest BCUT2D eigenvalue weighted by atomic mass is 10.1. The Kier molecular flexibility index (Phi) is 5.62. The van der Waals surface area contributed by atoms with Gasteiger partial charge in [-0.2, -0.15) is 0 Å². The third-order valence-corrected chi connectivity index (χ3v) is 4.84. The third-order valence-electron chi connectivity index (χ3n) is 3.98. The van der Waals surface area contributed by atoms with Crippen LogP contribution < -0.4 is 10.2 Å². The van der Waals surface area contributed by atoms with Crippen molar-refractivity contribution < 1.29 is 9.59 Å². The van der Waals surface area contributed by atoms with E-state index in [1.807, 2.05) is 25.1 Å². The van der Waals surface area contributed by atoms with E-state index >= 15 is 0 Å². The van der Waals surface area contributed by atoms with Crippen molar-refractivity contribution >= 4 is 33.4 Å². The summed E-state index contributed by atoms with van der Waals surface area (Å²) in [6.45, 7) is 7.40. The normalized spacial score (nSPS) is 18.1. The number of nitrogens with zero attached hydrogens (tertiary/aromatic N) is 1. The van der Waals surface area contributed by atoms with Crippen LogP contribution in [0.15, 0.2) is 22.7 Å². The quantitative estimate of drug-likeness (QED) is 0.869. The van der Waals surface area contributed by atoms with Crippen LogP contribution in [0, 0.1) is 18.8 Å². The zero-order chi connectivity index (χ0) is 16.3. The van der Waals surface area contributed by atoms with E-state index in [0.29, 0.717) is 25.4 Å². The second-order valence-corrected chi connectivity index (χ2v) is 7.17. The van der Waals surface area contributed by atoms with E-state index < -0.39 is 0 Å². The summed E-state index contributed by atoms with van der Waals surface area (Å²) in [7, 11) is 0. The number of hydrogen-bond acceptors (Lipinski definition) is 2. The third kappa shape index (κ3) is 4.09. The number of hydrogen-bond donors (Lipinski definition) is 1. The molecule has 1 aromatic carbocycles. The van der Waals surface area contributed by atoms with E-state index in [9.17, 15) is 9.59 Å². The molecular weight excluding hydrogens is 344 g/mol. The number of rotatable bonds is 5. The Morgan fingerprint density at radius 1 is 1.45 bits per heavy atom. The van der Waals surface area contributed by atoms with Crippen molar-refractivity contribution in [1.29, 1.82) is 0 Å². The summed E-state index contributed by atoms with van der Waals surface area (Å²) in [6, 6.07) is 5.84. The number of aryl methyl sites for hydroxylation is 1. The maximum absolute atomic E-state index is 12.2. The van der Waals surface area contributed by atoms with E-state index in [2.05, 4.69) is 35.1 Å². The van der Waals surface area contributed by atoms with Crippen LogP contribution in [0.25, 0.3) is 0 Å². The topological polar surface area (TPSA) is 49.4 Å². The van der Waals surface area contributed by atoms with Crippen LogP contribution in [0.2, 0.25) is 0 Å². The van der Waals surface area contributed by atoms with Crippen molar-refractivity contribution in [3.63, 3.8) is 0 Å². The lowest BCUT2D eigenvalue weighted by Crippen LogP contribution is -2.33. The van der Waals surface area contributed by atoms with Crippen LogP contribution >= 0.6 is 15.9 Å². The fraction of sp³-hybridized carbons (Fsp3) is 0.529. The van der Waals surface area contributed by atoms with Crippen molar-refractivity contribution in [2.45, 2.75) is 33.6 Å². The van der Waals surface area contributed by atoms with Gasteiger partial charge in [0.1, 0.15) is 0 Å². The van der Waals surface area contributed by atoms with Crippen LogP contribution in [0.3, 0.4) is 0 Å². The molecule has 0 radical (unpaired) electrons. The maximum Gasteiger partial charge on any atom is 0.227 e. The van der Waals surface area contributed by atoms with Gasteiger partial charge in [-0.25, -0.2) is 0 Å². The van der Waals surface area contributed by atoms with Gasteiger partial charge in [0.15, 0.2) is 0 Å². The minimum atomic E-state index is -0.250. The van der Waals surface area contributed by atoms with Gasteiger partial charge in [-0.3, -0.25) is 9.59 Å². The fourth-order valence-corrected chi connectivity index (χ4v) is 2.88. The minimum absolute atomic E-state index is 0.0114. The summed E-state index contributed by atoms with van der Waals surface area (Å²) in [5.74, 6) is 0.314. The monoisotopic (exact) mass is 366 g/mol. The fourth-order valence-electron chi connectivity index (χ4n) is 2.51. The molecule has 1 unspecified atom stereocenters. The first-order chi connectivity index (χ1) is 10.4. The van der Waals surface area contributed by atoms with Crippen molar-refractivity contribution in [3.8, 4) is 0 Å². The highest BCUT2D eigenvalue weighted by Gasteiger charge is 2.35. The van der Waals surface area contributed by atoms with Crippen molar-refractivity contribution in [1.82, 2.24) is 5.32 Å². The predicted octanol–water partition coefficient (Wildman–Crippen LogP) is 3.27. The van der Waals surface area contributed by atoms with Crippen molar-refractivity contribution in [2.24, 2.45) is 11.8 Å². The number of carbonyl (C=O) groups is 2. The number of halogens is 1. The molecule has 5 heteroatoms. The Bertz CT molecular complexity index is 572. The van der Waals surface area contributed by atoms with Gasteiger partial charge in [-0.15, -0.1) is 0 Å². The van der Waals surface area contributed by atoms with E-state index in [4.69, 9.17) is 0 Å². The summed E-state index contributed by atoms with van der Waals surface area (Å²) in [5.41, 5.74) is 1.97. The lowest BCUT2D eigenvalue weighted by Gasteiger charge is -2.17.